The Morgan fingerprint density at radius 2 is 1.67 bits per heavy atom. The third-order valence-corrected chi connectivity index (χ3v) is 4.96. The first kappa shape index (κ1) is 19.7. The Bertz CT molecular complexity index is 859. The molecule has 3 atom stereocenters. The van der Waals surface area contributed by atoms with Crippen LogP contribution in [-0.2, 0) is 9.53 Å². The first-order chi connectivity index (χ1) is 12.7. The fraction of sp³-hybridized carbons (Fsp3) is 0.350. The van der Waals surface area contributed by atoms with E-state index in [1.165, 1.54) is 6.92 Å². The zero-order chi connectivity index (χ0) is 19.8. The van der Waals surface area contributed by atoms with Gasteiger partial charge >= 0.3 is 0 Å². The Labute approximate surface area is 160 Å². The second-order valence-electron chi connectivity index (χ2n) is 7.10. The Morgan fingerprint density at radius 1 is 1.07 bits per heavy atom. The van der Waals surface area contributed by atoms with Gasteiger partial charge in [0, 0.05) is 42.0 Å². The van der Waals surface area contributed by atoms with Gasteiger partial charge in [-0.2, -0.15) is 0 Å². The summed E-state index contributed by atoms with van der Waals surface area (Å²) in [4.78, 5) is 11.7. The number of halogens is 4. The highest BCUT2D eigenvalue weighted by atomic mass is 35.5. The second kappa shape index (κ2) is 7.52. The summed E-state index contributed by atoms with van der Waals surface area (Å²) in [7, 11) is 0. The van der Waals surface area contributed by atoms with Crippen LogP contribution in [0.1, 0.15) is 50.0 Å². The average Bonchev–Trinajstić information content (AvgIpc) is 2.57. The lowest BCUT2D eigenvalue weighted by atomic mass is 9.81. The minimum atomic E-state index is -1.26. The summed E-state index contributed by atoms with van der Waals surface area (Å²) >= 11 is 5.93. The van der Waals surface area contributed by atoms with Crippen molar-refractivity contribution in [3.05, 3.63) is 70.0 Å². The molecule has 0 aromatic heterocycles. The maximum absolute atomic E-state index is 14.3. The van der Waals surface area contributed by atoms with Gasteiger partial charge < -0.3 is 10.1 Å². The molecule has 2 aromatic carbocycles. The van der Waals surface area contributed by atoms with Crippen molar-refractivity contribution < 1.29 is 22.7 Å². The van der Waals surface area contributed by atoms with Crippen molar-refractivity contribution >= 4 is 17.5 Å². The molecular formula is C20H19ClF3NO2. The highest BCUT2D eigenvalue weighted by Crippen LogP contribution is 2.44. The summed E-state index contributed by atoms with van der Waals surface area (Å²) in [5.41, 5.74) is 0.00361. The molecule has 1 N–H and O–H groups in total. The summed E-state index contributed by atoms with van der Waals surface area (Å²) < 4.78 is 47.4. The van der Waals surface area contributed by atoms with Gasteiger partial charge in [0.1, 0.15) is 5.82 Å². The first-order valence-electron chi connectivity index (χ1n) is 8.51. The van der Waals surface area contributed by atoms with Gasteiger partial charge in [-0.05, 0) is 30.7 Å². The van der Waals surface area contributed by atoms with E-state index in [0.717, 1.165) is 11.6 Å². The third kappa shape index (κ3) is 4.45. The van der Waals surface area contributed by atoms with Crippen LogP contribution >= 0.6 is 11.6 Å². The van der Waals surface area contributed by atoms with Gasteiger partial charge in [0.05, 0.1) is 12.2 Å². The number of rotatable bonds is 3. The maximum Gasteiger partial charge on any atom is 0.217 e. The monoisotopic (exact) mass is 397 g/mol. The molecule has 1 aliphatic heterocycles. The normalized spacial score (nSPS) is 25.3. The van der Waals surface area contributed by atoms with Crippen LogP contribution in [0.2, 0.25) is 5.02 Å². The molecule has 0 saturated carbocycles. The average molecular weight is 398 g/mol. The highest BCUT2D eigenvalue weighted by Gasteiger charge is 2.41. The van der Waals surface area contributed by atoms with E-state index in [9.17, 15) is 18.0 Å². The molecule has 0 bridgehead atoms. The minimum absolute atomic E-state index is 0.0795. The molecule has 7 heteroatoms. The zero-order valence-corrected chi connectivity index (χ0v) is 15.6. The number of amides is 1. The molecule has 0 radical (unpaired) electrons. The molecule has 0 spiro atoms. The van der Waals surface area contributed by atoms with Gasteiger partial charge in [-0.1, -0.05) is 23.7 Å². The van der Waals surface area contributed by atoms with E-state index in [1.807, 2.05) is 6.92 Å². The van der Waals surface area contributed by atoms with Crippen molar-refractivity contribution in [3.63, 3.8) is 0 Å². The number of carbonyl (C=O) groups is 1. The SMILES string of the molecule is CC(=O)N[C@@]1(C)C[C@@H](c2ccc(Cl)cc2)O[C@@H](c2cc(F)c(F)cc2F)C1. The lowest BCUT2D eigenvalue weighted by Gasteiger charge is -2.43. The van der Waals surface area contributed by atoms with Gasteiger partial charge in [0.2, 0.25) is 5.91 Å². The number of nitrogens with one attached hydrogen (secondary N) is 1. The summed E-state index contributed by atoms with van der Waals surface area (Å²) in [6.07, 6.45) is -0.675. The lowest BCUT2D eigenvalue weighted by Crippen LogP contribution is -2.50. The quantitative estimate of drug-likeness (QED) is 0.719. The van der Waals surface area contributed by atoms with E-state index >= 15 is 0 Å². The Kier molecular flexibility index (Phi) is 5.49. The van der Waals surface area contributed by atoms with Crippen molar-refractivity contribution in [3.8, 4) is 0 Å². The summed E-state index contributed by atoms with van der Waals surface area (Å²) in [6.45, 7) is 3.22. The number of benzene rings is 2. The van der Waals surface area contributed by atoms with E-state index in [-0.39, 0.29) is 17.9 Å². The molecule has 1 aliphatic rings. The molecule has 1 fully saturated rings. The molecule has 0 aliphatic carbocycles. The number of hydrogen-bond donors (Lipinski definition) is 1. The van der Waals surface area contributed by atoms with Crippen LogP contribution in [0.25, 0.3) is 0 Å². The van der Waals surface area contributed by atoms with E-state index < -0.39 is 35.2 Å². The molecular weight excluding hydrogens is 379 g/mol. The molecule has 2 aromatic rings. The molecule has 0 unspecified atom stereocenters. The number of hydrogen-bond acceptors (Lipinski definition) is 2. The number of carbonyl (C=O) groups excluding carboxylic acids is 1. The first-order valence-corrected chi connectivity index (χ1v) is 8.89. The summed E-state index contributed by atoms with van der Waals surface area (Å²) in [5, 5.41) is 3.44. The van der Waals surface area contributed by atoms with Gasteiger partial charge in [0.15, 0.2) is 11.6 Å². The van der Waals surface area contributed by atoms with E-state index in [2.05, 4.69) is 5.32 Å². The molecule has 1 heterocycles. The predicted molar refractivity (Wildman–Crippen MR) is 95.8 cm³/mol. The van der Waals surface area contributed by atoms with Crippen LogP contribution in [0.15, 0.2) is 36.4 Å². The third-order valence-electron chi connectivity index (χ3n) is 4.71. The van der Waals surface area contributed by atoms with Crippen LogP contribution < -0.4 is 5.32 Å². The van der Waals surface area contributed by atoms with Gasteiger partial charge in [0.25, 0.3) is 0 Å². The van der Waals surface area contributed by atoms with Crippen LogP contribution in [-0.4, -0.2) is 11.4 Å². The summed E-state index contributed by atoms with van der Waals surface area (Å²) in [5.74, 6) is -3.53. The van der Waals surface area contributed by atoms with Gasteiger partial charge in [-0.15, -0.1) is 0 Å². The Hall–Kier alpha value is -2.05. The maximum atomic E-state index is 14.3. The van der Waals surface area contributed by atoms with Crippen molar-refractivity contribution in [2.45, 2.75) is 44.4 Å². The predicted octanol–water partition coefficient (Wildman–Crippen LogP) is 5.24. The van der Waals surface area contributed by atoms with E-state index in [4.69, 9.17) is 16.3 Å². The highest BCUT2D eigenvalue weighted by molar-refractivity contribution is 6.30. The Morgan fingerprint density at radius 3 is 2.30 bits per heavy atom. The fourth-order valence-corrected chi connectivity index (χ4v) is 3.69. The standard InChI is InChI=1S/C20H19ClF3NO2/c1-11(26)25-20(2)9-18(12-3-5-13(21)6-4-12)27-19(10-20)14-7-16(23)17(24)8-15(14)22/h3-8,18-19H,9-10H2,1-2H3,(H,25,26)/t18-,19+,20-/m0/s1. The summed E-state index contributed by atoms with van der Waals surface area (Å²) in [6, 6.07) is 8.30. The van der Waals surface area contributed by atoms with Crippen LogP contribution in [0.4, 0.5) is 13.2 Å². The Balaban J connectivity index is 1.99. The van der Waals surface area contributed by atoms with Crippen molar-refractivity contribution in [2.75, 3.05) is 0 Å². The van der Waals surface area contributed by atoms with Crippen molar-refractivity contribution in [1.29, 1.82) is 0 Å². The molecule has 3 nitrogen and oxygen atoms in total. The van der Waals surface area contributed by atoms with Crippen LogP contribution in [0, 0.1) is 17.5 Å². The number of ether oxygens (including phenoxy) is 1. The minimum Gasteiger partial charge on any atom is -0.365 e. The topological polar surface area (TPSA) is 38.3 Å². The van der Waals surface area contributed by atoms with Gasteiger partial charge in [-0.3, -0.25) is 4.79 Å². The van der Waals surface area contributed by atoms with E-state index in [1.54, 1.807) is 24.3 Å². The molecule has 27 heavy (non-hydrogen) atoms. The van der Waals surface area contributed by atoms with Crippen LogP contribution in [0.3, 0.4) is 0 Å². The smallest absolute Gasteiger partial charge is 0.217 e. The molecule has 1 saturated heterocycles. The molecule has 144 valence electrons. The second-order valence-corrected chi connectivity index (χ2v) is 7.54. The molecule has 1 amide bonds. The lowest BCUT2D eigenvalue weighted by molar-refractivity contribution is -0.126. The van der Waals surface area contributed by atoms with Crippen molar-refractivity contribution in [1.82, 2.24) is 5.32 Å². The zero-order valence-electron chi connectivity index (χ0n) is 14.9. The van der Waals surface area contributed by atoms with Crippen molar-refractivity contribution in [2.24, 2.45) is 0 Å². The largest absolute Gasteiger partial charge is 0.365 e. The van der Waals surface area contributed by atoms with Crippen LogP contribution in [0.5, 0.6) is 0 Å². The fourth-order valence-electron chi connectivity index (χ4n) is 3.57. The van der Waals surface area contributed by atoms with Gasteiger partial charge in [-0.25, -0.2) is 13.2 Å². The van der Waals surface area contributed by atoms with E-state index in [0.29, 0.717) is 17.5 Å². The molecule has 3 rings (SSSR count).